The van der Waals surface area contributed by atoms with Crippen LogP contribution in [0.25, 0.3) is 0 Å². The van der Waals surface area contributed by atoms with Crippen LogP contribution in [0.3, 0.4) is 0 Å². The van der Waals surface area contributed by atoms with Crippen LogP contribution in [0.5, 0.6) is 0 Å². The highest BCUT2D eigenvalue weighted by atomic mass is 32.1. The Bertz CT molecular complexity index is 245. The Morgan fingerprint density at radius 3 is 1.58 bits per heavy atom. The summed E-state index contributed by atoms with van der Waals surface area (Å²) in [6.07, 6.45) is 2.18. The molecule has 0 bridgehead atoms. The van der Waals surface area contributed by atoms with Crippen LogP contribution in [-0.4, -0.2) is 35.7 Å². The van der Waals surface area contributed by atoms with Crippen molar-refractivity contribution >= 4 is 37.2 Å². The Kier molecular flexibility index (Phi) is 11.2. The fraction of sp³-hybridized carbons (Fsp3) is 0.846. The predicted octanol–water partition coefficient (Wildman–Crippen LogP) is 2.66. The van der Waals surface area contributed by atoms with Gasteiger partial charge >= 0.3 is 11.9 Å². The SMILES string of the molecule is CC(CCS)OC(=O)CCCC(=O)OC(C)CCS. The van der Waals surface area contributed by atoms with Gasteiger partial charge in [-0.1, -0.05) is 0 Å². The molecule has 6 heteroatoms. The van der Waals surface area contributed by atoms with E-state index < -0.39 is 0 Å². The largest absolute Gasteiger partial charge is 0.463 e. The maximum absolute atomic E-state index is 11.4. The van der Waals surface area contributed by atoms with Crippen molar-refractivity contribution in [1.29, 1.82) is 0 Å². The van der Waals surface area contributed by atoms with Crippen LogP contribution in [0.1, 0.15) is 46.0 Å². The lowest BCUT2D eigenvalue weighted by Gasteiger charge is -2.13. The van der Waals surface area contributed by atoms with Crippen molar-refractivity contribution in [3.05, 3.63) is 0 Å². The summed E-state index contributed by atoms with van der Waals surface area (Å²) >= 11 is 8.14. The average molecular weight is 308 g/mol. The first-order valence-corrected chi connectivity index (χ1v) is 7.86. The van der Waals surface area contributed by atoms with Crippen molar-refractivity contribution in [3.63, 3.8) is 0 Å². The molecule has 0 fully saturated rings. The van der Waals surface area contributed by atoms with E-state index in [2.05, 4.69) is 25.3 Å². The number of ether oxygens (including phenoxy) is 2. The van der Waals surface area contributed by atoms with E-state index in [1.165, 1.54) is 0 Å². The summed E-state index contributed by atoms with van der Waals surface area (Å²) in [7, 11) is 0. The molecule has 0 aromatic heterocycles. The molecule has 0 aliphatic heterocycles. The van der Waals surface area contributed by atoms with Gasteiger partial charge in [-0.3, -0.25) is 9.59 Å². The van der Waals surface area contributed by atoms with Gasteiger partial charge in [-0.2, -0.15) is 25.3 Å². The fourth-order valence-electron chi connectivity index (χ4n) is 1.43. The molecule has 0 heterocycles. The topological polar surface area (TPSA) is 52.6 Å². The Balaban J connectivity index is 3.66. The van der Waals surface area contributed by atoms with Gasteiger partial charge in [0.15, 0.2) is 0 Å². The van der Waals surface area contributed by atoms with E-state index in [1.807, 2.05) is 13.8 Å². The second kappa shape index (κ2) is 11.5. The summed E-state index contributed by atoms with van der Waals surface area (Å²) in [4.78, 5) is 22.9. The summed E-state index contributed by atoms with van der Waals surface area (Å²) in [6, 6.07) is 0. The number of esters is 2. The lowest BCUT2D eigenvalue weighted by atomic mass is 10.2. The minimum Gasteiger partial charge on any atom is -0.463 e. The molecule has 0 N–H and O–H groups in total. The second-order valence-electron chi connectivity index (χ2n) is 4.48. The van der Waals surface area contributed by atoms with Gasteiger partial charge in [0.05, 0.1) is 12.2 Å². The molecule has 2 atom stereocenters. The minimum absolute atomic E-state index is 0.118. The summed E-state index contributed by atoms with van der Waals surface area (Å²) in [5, 5.41) is 0. The summed E-state index contributed by atoms with van der Waals surface area (Å²) in [5.74, 6) is 0.823. The Morgan fingerprint density at radius 1 is 0.895 bits per heavy atom. The molecule has 0 saturated heterocycles. The first kappa shape index (κ1) is 18.6. The zero-order valence-electron chi connectivity index (χ0n) is 11.6. The van der Waals surface area contributed by atoms with Gasteiger partial charge in [-0.25, -0.2) is 0 Å². The third-order valence-corrected chi connectivity index (χ3v) is 3.01. The van der Waals surface area contributed by atoms with Crippen LogP contribution in [0, 0.1) is 0 Å². The molecule has 0 saturated carbocycles. The van der Waals surface area contributed by atoms with Crippen molar-refractivity contribution in [2.75, 3.05) is 11.5 Å². The Hall–Kier alpha value is -0.360. The summed E-state index contributed by atoms with van der Waals surface area (Å²) < 4.78 is 10.3. The smallest absolute Gasteiger partial charge is 0.306 e. The third kappa shape index (κ3) is 11.2. The predicted molar refractivity (Wildman–Crippen MR) is 81.9 cm³/mol. The number of carbonyl (C=O) groups excluding carboxylic acids is 2. The van der Waals surface area contributed by atoms with E-state index in [9.17, 15) is 9.59 Å². The molecule has 0 aromatic carbocycles. The highest BCUT2D eigenvalue weighted by Gasteiger charge is 2.12. The fourth-order valence-corrected chi connectivity index (χ4v) is 2.15. The van der Waals surface area contributed by atoms with Gasteiger partial charge in [0.1, 0.15) is 0 Å². The normalized spacial score (nSPS) is 13.7. The van der Waals surface area contributed by atoms with Crippen LogP contribution in [0.15, 0.2) is 0 Å². The monoisotopic (exact) mass is 308 g/mol. The van der Waals surface area contributed by atoms with E-state index in [0.29, 0.717) is 17.9 Å². The van der Waals surface area contributed by atoms with E-state index in [0.717, 1.165) is 12.8 Å². The van der Waals surface area contributed by atoms with Gasteiger partial charge < -0.3 is 9.47 Å². The standard InChI is InChI=1S/C13H24O4S2/c1-10(6-8-18)16-12(14)4-3-5-13(15)17-11(2)7-9-19/h10-11,18-19H,3-9H2,1-2H3. The number of rotatable bonds is 10. The summed E-state index contributed by atoms with van der Waals surface area (Å²) in [5.41, 5.74) is 0. The molecule has 0 aliphatic carbocycles. The number of carbonyl (C=O) groups is 2. The molecule has 0 amide bonds. The van der Waals surface area contributed by atoms with Gasteiger partial charge in [0.2, 0.25) is 0 Å². The van der Waals surface area contributed by atoms with Crippen LogP contribution in [0.4, 0.5) is 0 Å². The van der Waals surface area contributed by atoms with Crippen LogP contribution >= 0.6 is 25.3 Å². The zero-order valence-corrected chi connectivity index (χ0v) is 13.4. The average Bonchev–Trinajstić information content (AvgIpc) is 2.28. The van der Waals surface area contributed by atoms with E-state index in [-0.39, 0.29) is 37.0 Å². The highest BCUT2D eigenvalue weighted by Crippen LogP contribution is 2.07. The maximum Gasteiger partial charge on any atom is 0.306 e. The molecule has 2 unspecified atom stereocenters. The van der Waals surface area contributed by atoms with Crippen molar-refractivity contribution in [2.45, 2.75) is 58.2 Å². The van der Waals surface area contributed by atoms with Crippen LogP contribution in [0.2, 0.25) is 0 Å². The van der Waals surface area contributed by atoms with Crippen molar-refractivity contribution < 1.29 is 19.1 Å². The molecule has 112 valence electrons. The molecule has 0 aliphatic rings. The minimum atomic E-state index is -0.273. The van der Waals surface area contributed by atoms with Gasteiger partial charge in [0, 0.05) is 12.8 Å². The number of hydrogen-bond donors (Lipinski definition) is 2. The van der Waals surface area contributed by atoms with Gasteiger partial charge in [-0.05, 0) is 44.6 Å². The summed E-state index contributed by atoms with van der Waals surface area (Å²) in [6.45, 7) is 3.67. The first-order valence-electron chi connectivity index (χ1n) is 6.60. The molecular formula is C13H24O4S2. The van der Waals surface area contributed by atoms with E-state index in [4.69, 9.17) is 9.47 Å². The quantitative estimate of drug-likeness (QED) is 0.481. The number of hydrogen-bond acceptors (Lipinski definition) is 6. The van der Waals surface area contributed by atoms with Crippen LogP contribution < -0.4 is 0 Å². The van der Waals surface area contributed by atoms with E-state index in [1.54, 1.807) is 0 Å². The first-order chi connectivity index (χ1) is 8.99. The molecular weight excluding hydrogens is 284 g/mol. The van der Waals surface area contributed by atoms with Crippen molar-refractivity contribution in [2.24, 2.45) is 0 Å². The second-order valence-corrected chi connectivity index (χ2v) is 5.37. The zero-order chi connectivity index (χ0) is 14.7. The molecule has 0 aromatic rings. The lowest BCUT2D eigenvalue weighted by molar-refractivity contribution is -0.150. The molecule has 0 spiro atoms. The maximum atomic E-state index is 11.4. The van der Waals surface area contributed by atoms with Gasteiger partial charge in [-0.15, -0.1) is 0 Å². The highest BCUT2D eigenvalue weighted by molar-refractivity contribution is 7.80. The number of thiol groups is 2. The molecule has 19 heavy (non-hydrogen) atoms. The third-order valence-electron chi connectivity index (χ3n) is 2.50. The van der Waals surface area contributed by atoms with Gasteiger partial charge in [0.25, 0.3) is 0 Å². The molecule has 4 nitrogen and oxygen atoms in total. The Morgan fingerprint density at radius 2 is 1.26 bits per heavy atom. The Labute approximate surface area is 126 Å². The molecule has 0 rings (SSSR count). The van der Waals surface area contributed by atoms with E-state index >= 15 is 0 Å². The lowest BCUT2D eigenvalue weighted by Crippen LogP contribution is -2.17. The molecule has 0 radical (unpaired) electrons. The van der Waals surface area contributed by atoms with Crippen molar-refractivity contribution in [1.82, 2.24) is 0 Å². The van der Waals surface area contributed by atoms with Crippen molar-refractivity contribution in [3.8, 4) is 0 Å². The van der Waals surface area contributed by atoms with Crippen LogP contribution in [-0.2, 0) is 19.1 Å².